The third-order valence-corrected chi connectivity index (χ3v) is 4.54. The largest absolute Gasteiger partial charge is 0.493 e. The number of benzene rings is 1. The molecule has 0 amide bonds. The Kier molecular flexibility index (Phi) is 4.07. The standard InChI is InChI=1S/C20H16N8O2/c1-2-11-4-3-5-14(8-11)22-18-25-16-12(9-15-17(29)26-20(30)24-15)10-21-28(16)19(27-18)23-13-6-7-13/h1,3-5,8-10,13,29H,6-7H2,(H,22,23,27)(H2,24,26,30). The number of nitrogens with zero attached hydrogens (tertiary/aromatic N) is 5. The van der Waals surface area contributed by atoms with Crippen LogP contribution in [0.5, 0.6) is 5.88 Å². The fourth-order valence-electron chi connectivity index (χ4n) is 2.95. The van der Waals surface area contributed by atoms with Crippen LogP contribution in [0.2, 0.25) is 0 Å². The van der Waals surface area contributed by atoms with Crippen LogP contribution in [0.25, 0.3) is 11.7 Å². The van der Waals surface area contributed by atoms with Gasteiger partial charge >= 0.3 is 5.69 Å². The number of hydrogen-bond donors (Lipinski definition) is 4. The summed E-state index contributed by atoms with van der Waals surface area (Å²) < 4.78 is 1.54. The van der Waals surface area contributed by atoms with E-state index < -0.39 is 5.69 Å². The summed E-state index contributed by atoms with van der Waals surface area (Å²) in [5.41, 5.74) is 2.08. The van der Waals surface area contributed by atoms with Gasteiger partial charge < -0.3 is 15.4 Å². The van der Waals surface area contributed by atoms with Gasteiger partial charge in [0.2, 0.25) is 11.8 Å². The van der Waals surface area contributed by atoms with Crippen molar-refractivity contribution in [1.29, 1.82) is 0 Å². The topological polar surface area (TPSA) is 136 Å². The first kappa shape index (κ1) is 17.7. The van der Waals surface area contributed by atoms with E-state index in [0.717, 1.165) is 24.1 Å². The summed E-state index contributed by atoms with van der Waals surface area (Å²) in [5, 5.41) is 17.9. The lowest BCUT2D eigenvalue weighted by Crippen LogP contribution is -2.24. The molecule has 4 aromatic rings. The fraction of sp³-hybridized carbons (Fsp3) is 0.150. The maximum atomic E-state index is 11.4. The average molecular weight is 400 g/mol. The van der Waals surface area contributed by atoms with E-state index in [1.54, 1.807) is 12.3 Å². The third kappa shape index (κ3) is 3.40. The smallest absolute Gasteiger partial charge is 0.326 e. The second-order valence-electron chi connectivity index (χ2n) is 6.88. The van der Waals surface area contributed by atoms with Crippen molar-refractivity contribution in [1.82, 2.24) is 29.5 Å². The quantitative estimate of drug-likeness (QED) is 0.361. The molecule has 0 saturated heterocycles. The highest BCUT2D eigenvalue weighted by molar-refractivity contribution is 5.60. The molecule has 30 heavy (non-hydrogen) atoms. The van der Waals surface area contributed by atoms with Crippen molar-refractivity contribution < 1.29 is 5.11 Å². The van der Waals surface area contributed by atoms with Crippen molar-refractivity contribution in [3.05, 3.63) is 63.0 Å². The van der Waals surface area contributed by atoms with Crippen LogP contribution in [-0.4, -0.2) is 40.7 Å². The Hall–Kier alpha value is -4.39. The van der Waals surface area contributed by atoms with E-state index in [9.17, 15) is 9.90 Å². The van der Waals surface area contributed by atoms with Crippen molar-refractivity contribution in [2.45, 2.75) is 18.9 Å². The first-order valence-corrected chi connectivity index (χ1v) is 9.25. The molecule has 3 aromatic heterocycles. The van der Waals surface area contributed by atoms with Gasteiger partial charge in [0, 0.05) is 16.5 Å². The molecule has 148 valence electrons. The van der Waals surface area contributed by atoms with E-state index in [1.807, 2.05) is 24.3 Å². The molecule has 0 atom stereocenters. The summed E-state index contributed by atoms with van der Waals surface area (Å²) in [5.74, 6) is 2.66. The van der Waals surface area contributed by atoms with E-state index >= 15 is 0 Å². The highest BCUT2D eigenvalue weighted by Gasteiger charge is 2.21. The van der Waals surface area contributed by atoms with Gasteiger partial charge in [0.25, 0.3) is 5.62 Å². The summed E-state index contributed by atoms with van der Waals surface area (Å²) in [6.07, 6.45) is 10.6. The van der Waals surface area contributed by atoms with Gasteiger partial charge in [-0.05, 0) is 37.1 Å². The Balaban J connectivity index is 1.67. The third-order valence-electron chi connectivity index (χ3n) is 4.54. The molecule has 10 heteroatoms. The molecule has 0 spiro atoms. The predicted molar refractivity (Wildman–Crippen MR) is 109 cm³/mol. The molecule has 0 radical (unpaired) electrons. The minimum absolute atomic E-state index is 0.224. The van der Waals surface area contributed by atoms with Crippen molar-refractivity contribution in [2.24, 2.45) is 4.99 Å². The highest BCUT2D eigenvalue weighted by atomic mass is 16.3. The molecule has 0 bridgehead atoms. The number of anilines is 2. The van der Waals surface area contributed by atoms with Gasteiger partial charge in [-0.15, -0.1) is 6.42 Å². The average Bonchev–Trinajstić information content (AvgIpc) is 3.37. The SMILES string of the molecule is C#Cc1cccc(Nc2nc(=NC3CC3)n3ncc(=Cc4[nH]c(=O)[nH]c4O)c3n2)c1. The number of rotatable bonds is 4. The van der Waals surface area contributed by atoms with Crippen molar-refractivity contribution in [3.8, 4) is 18.2 Å². The molecule has 0 unspecified atom stereocenters. The van der Waals surface area contributed by atoms with Gasteiger partial charge in [-0.25, -0.2) is 9.79 Å². The maximum absolute atomic E-state index is 11.4. The first-order valence-electron chi connectivity index (χ1n) is 9.25. The zero-order valence-electron chi connectivity index (χ0n) is 15.6. The first-order chi connectivity index (χ1) is 14.6. The Morgan fingerprint density at radius 3 is 2.93 bits per heavy atom. The van der Waals surface area contributed by atoms with Crippen LogP contribution in [0.1, 0.15) is 24.1 Å². The number of aromatic amines is 2. The van der Waals surface area contributed by atoms with E-state index in [2.05, 4.69) is 41.3 Å². The molecule has 1 saturated carbocycles. The number of aromatic nitrogens is 6. The van der Waals surface area contributed by atoms with Crippen LogP contribution in [0.4, 0.5) is 11.6 Å². The number of terminal acetylenes is 1. The van der Waals surface area contributed by atoms with Gasteiger partial charge in [-0.2, -0.15) is 19.6 Å². The number of hydrogen-bond acceptors (Lipinski definition) is 7. The molecule has 1 fully saturated rings. The fourth-order valence-corrected chi connectivity index (χ4v) is 2.95. The number of H-pyrrole nitrogens is 2. The molecule has 1 aliphatic rings. The van der Waals surface area contributed by atoms with E-state index in [4.69, 9.17) is 6.42 Å². The molecule has 1 aromatic carbocycles. The normalized spacial score (nSPS) is 14.9. The van der Waals surface area contributed by atoms with Gasteiger partial charge in [0.05, 0.1) is 12.2 Å². The Labute approximate surface area is 169 Å². The minimum Gasteiger partial charge on any atom is -0.493 e. The number of nitrogens with one attached hydrogen (secondary N) is 3. The van der Waals surface area contributed by atoms with Crippen molar-refractivity contribution >= 4 is 23.4 Å². The number of imidazole rings is 1. The Bertz CT molecular complexity index is 1480. The molecule has 1 aliphatic carbocycles. The maximum Gasteiger partial charge on any atom is 0.326 e. The van der Waals surface area contributed by atoms with Gasteiger partial charge in [0.1, 0.15) is 5.69 Å². The zero-order chi connectivity index (χ0) is 20.7. The molecule has 0 aliphatic heterocycles. The molecule has 4 N–H and O–H groups in total. The van der Waals surface area contributed by atoms with Gasteiger partial charge in [-0.3, -0.25) is 4.98 Å². The zero-order valence-corrected chi connectivity index (χ0v) is 15.6. The summed E-state index contributed by atoms with van der Waals surface area (Å²) in [4.78, 5) is 29.9. The van der Waals surface area contributed by atoms with Gasteiger partial charge in [0.15, 0.2) is 5.65 Å². The van der Waals surface area contributed by atoms with Crippen LogP contribution in [0, 0.1) is 12.3 Å². The monoisotopic (exact) mass is 400 g/mol. The number of fused-ring (bicyclic) bond motifs is 1. The van der Waals surface area contributed by atoms with Crippen LogP contribution in [0.3, 0.4) is 0 Å². The van der Waals surface area contributed by atoms with Crippen LogP contribution in [0.15, 0.2) is 40.2 Å². The van der Waals surface area contributed by atoms with Crippen LogP contribution in [-0.2, 0) is 0 Å². The second-order valence-corrected chi connectivity index (χ2v) is 6.88. The lowest BCUT2D eigenvalue weighted by Gasteiger charge is -2.05. The van der Waals surface area contributed by atoms with Crippen LogP contribution >= 0.6 is 0 Å². The minimum atomic E-state index is -0.509. The summed E-state index contributed by atoms with van der Waals surface area (Å²) in [6.45, 7) is 0. The molecular formula is C20H16N8O2. The Morgan fingerprint density at radius 1 is 1.33 bits per heavy atom. The Morgan fingerprint density at radius 2 is 2.20 bits per heavy atom. The lowest BCUT2D eigenvalue weighted by atomic mass is 10.2. The molecular weight excluding hydrogens is 384 g/mol. The van der Waals surface area contributed by atoms with Crippen molar-refractivity contribution in [2.75, 3.05) is 5.32 Å². The van der Waals surface area contributed by atoms with Crippen LogP contribution < -0.4 is 21.8 Å². The van der Waals surface area contributed by atoms with E-state index in [1.165, 1.54) is 4.52 Å². The van der Waals surface area contributed by atoms with E-state index in [-0.39, 0.29) is 17.6 Å². The summed E-state index contributed by atoms with van der Waals surface area (Å²) in [7, 11) is 0. The van der Waals surface area contributed by atoms with Gasteiger partial charge in [-0.1, -0.05) is 12.0 Å². The van der Waals surface area contributed by atoms with Crippen molar-refractivity contribution in [3.63, 3.8) is 0 Å². The lowest BCUT2D eigenvalue weighted by molar-refractivity contribution is 0.454. The predicted octanol–water partition coefficient (Wildman–Crippen LogP) is 0.182. The molecule has 5 rings (SSSR count). The summed E-state index contributed by atoms with van der Waals surface area (Å²) in [6, 6.07) is 7.57. The molecule has 10 nitrogen and oxygen atoms in total. The number of aromatic hydroxyl groups is 1. The highest BCUT2D eigenvalue weighted by Crippen LogP contribution is 2.22. The molecule has 3 heterocycles. The van der Waals surface area contributed by atoms with E-state index in [0.29, 0.717) is 22.4 Å². The summed E-state index contributed by atoms with van der Waals surface area (Å²) >= 11 is 0. The second kappa shape index (κ2) is 6.89.